The summed E-state index contributed by atoms with van der Waals surface area (Å²) in [5.74, 6) is 4.51. The molecule has 0 rings (SSSR count). The molecule has 0 heterocycles. The molecule has 6 nitrogen and oxygen atoms in total. The Kier molecular flexibility index (Phi) is 4.83. The summed E-state index contributed by atoms with van der Waals surface area (Å²) in [4.78, 5) is 21.7. The molecule has 0 aromatic heterocycles. The summed E-state index contributed by atoms with van der Waals surface area (Å²) in [5, 5.41) is 2.33. The number of carbonyl (C=O) groups is 2. The van der Waals surface area contributed by atoms with Crippen LogP contribution in [0.3, 0.4) is 0 Å². The summed E-state index contributed by atoms with van der Waals surface area (Å²) in [7, 11) is 0. The van der Waals surface area contributed by atoms with Gasteiger partial charge < -0.3 is 11.1 Å². The third-order valence-electron chi connectivity index (χ3n) is 1.94. The third-order valence-corrected chi connectivity index (χ3v) is 1.94. The predicted molar refractivity (Wildman–Crippen MR) is 48.3 cm³/mol. The molecule has 0 saturated carbocycles. The lowest BCUT2D eigenvalue weighted by Gasteiger charge is -2.21. The Morgan fingerprint density at radius 3 is 2.31 bits per heavy atom. The smallest absolute Gasteiger partial charge is 0.312 e. The van der Waals surface area contributed by atoms with Crippen molar-refractivity contribution in [1.82, 2.24) is 10.7 Å². The number of amides is 3. The van der Waals surface area contributed by atoms with Crippen molar-refractivity contribution in [2.24, 2.45) is 17.5 Å². The van der Waals surface area contributed by atoms with Crippen molar-refractivity contribution >= 4 is 11.9 Å². The van der Waals surface area contributed by atoms with Crippen molar-refractivity contribution in [1.29, 1.82) is 0 Å². The molecule has 0 radical (unpaired) electrons. The molecule has 2 atom stereocenters. The van der Waals surface area contributed by atoms with Crippen molar-refractivity contribution in [3.63, 3.8) is 0 Å². The van der Waals surface area contributed by atoms with E-state index in [2.05, 4.69) is 5.32 Å². The molecule has 0 aromatic carbocycles. The van der Waals surface area contributed by atoms with E-state index in [1.54, 1.807) is 0 Å². The monoisotopic (exact) mass is 188 g/mol. The molecule has 76 valence electrons. The van der Waals surface area contributed by atoms with Gasteiger partial charge in [0, 0.05) is 0 Å². The van der Waals surface area contributed by atoms with E-state index < -0.39 is 18.0 Å². The Hall–Kier alpha value is -1.30. The largest absolute Gasteiger partial charge is 0.352 e. The number of hydrogen-bond acceptors (Lipinski definition) is 3. The van der Waals surface area contributed by atoms with Crippen molar-refractivity contribution in [3.05, 3.63) is 0 Å². The number of nitrogens with one attached hydrogen (secondary N) is 2. The van der Waals surface area contributed by atoms with E-state index in [0.29, 0.717) is 0 Å². The number of carbonyl (C=O) groups excluding carboxylic acids is 2. The van der Waals surface area contributed by atoms with Gasteiger partial charge >= 0.3 is 6.03 Å². The maximum absolute atomic E-state index is 11.1. The summed E-state index contributed by atoms with van der Waals surface area (Å²) in [6.45, 7) is 3.74. The minimum Gasteiger partial charge on any atom is -0.352 e. The molecule has 0 spiro atoms. The number of hydrazine groups is 1. The van der Waals surface area contributed by atoms with Crippen LogP contribution in [0.1, 0.15) is 20.3 Å². The van der Waals surface area contributed by atoms with Crippen LogP contribution in [0.2, 0.25) is 0 Å². The molecule has 0 fully saturated rings. The van der Waals surface area contributed by atoms with Gasteiger partial charge in [-0.15, -0.1) is 0 Å². The van der Waals surface area contributed by atoms with Crippen LogP contribution in [0, 0.1) is 5.92 Å². The fraction of sp³-hybridized carbons (Fsp3) is 0.714. The first kappa shape index (κ1) is 11.7. The second kappa shape index (κ2) is 5.36. The van der Waals surface area contributed by atoms with Gasteiger partial charge in [-0.25, -0.2) is 10.6 Å². The fourth-order valence-electron chi connectivity index (χ4n) is 0.945. The quantitative estimate of drug-likeness (QED) is 0.259. The number of urea groups is 1. The molecule has 0 aliphatic rings. The minimum absolute atomic E-state index is 0.00366. The SMILES string of the molecule is CCC(C)C(NC(N)=O)C(=O)NN. The topological polar surface area (TPSA) is 110 Å². The first-order chi connectivity index (χ1) is 6.02. The van der Waals surface area contributed by atoms with Gasteiger partial charge in [0.25, 0.3) is 5.91 Å². The highest BCUT2D eigenvalue weighted by Crippen LogP contribution is 2.07. The van der Waals surface area contributed by atoms with Crippen LogP contribution >= 0.6 is 0 Å². The molecule has 3 amide bonds. The summed E-state index contributed by atoms with van der Waals surface area (Å²) in [6.07, 6.45) is 0.748. The molecular weight excluding hydrogens is 172 g/mol. The van der Waals surface area contributed by atoms with E-state index in [-0.39, 0.29) is 5.92 Å². The zero-order valence-electron chi connectivity index (χ0n) is 7.83. The summed E-state index contributed by atoms with van der Waals surface area (Å²) < 4.78 is 0. The lowest BCUT2D eigenvalue weighted by atomic mass is 9.99. The Morgan fingerprint density at radius 1 is 1.46 bits per heavy atom. The fourth-order valence-corrected chi connectivity index (χ4v) is 0.945. The van der Waals surface area contributed by atoms with E-state index >= 15 is 0 Å². The van der Waals surface area contributed by atoms with Gasteiger partial charge in [-0.3, -0.25) is 10.2 Å². The number of hydrogen-bond donors (Lipinski definition) is 4. The molecule has 13 heavy (non-hydrogen) atoms. The highest BCUT2D eigenvalue weighted by molar-refractivity contribution is 5.86. The lowest BCUT2D eigenvalue weighted by molar-refractivity contribution is -0.124. The van der Waals surface area contributed by atoms with Crippen molar-refractivity contribution in [2.45, 2.75) is 26.3 Å². The number of rotatable bonds is 4. The average Bonchev–Trinajstić information content (AvgIpc) is 2.11. The number of nitrogens with two attached hydrogens (primary N) is 2. The van der Waals surface area contributed by atoms with Crippen LogP contribution in [0.5, 0.6) is 0 Å². The third kappa shape index (κ3) is 3.75. The van der Waals surface area contributed by atoms with Gasteiger partial charge in [-0.2, -0.15) is 0 Å². The molecule has 2 unspecified atom stereocenters. The van der Waals surface area contributed by atoms with Gasteiger partial charge in [0.1, 0.15) is 6.04 Å². The van der Waals surface area contributed by atoms with E-state index in [1.807, 2.05) is 19.3 Å². The zero-order valence-corrected chi connectivity index (χ0v) is 7.83. The molecule has 6 N–H and O–H groups in total. The maximum Gasteiger partial charge on any atom is 0.312 e. The molecule has 0 aromatic rings. The van der Waals surface area contributed by atoms with Crippen LogP contribution in [-0.2, 0) is 4.79 Å². The molecule has 0 bridgehead atoms. The van der Waals surface area contributed by atoms with Gasteiger partial charge in [0.15, 0.2) is 0 Å². The number of primary amides is 1. The van der Waals surface area contributed by atoms with Crippen LogP contribution in [0.4, 0.5) is 4.79 Å². The van der Waals surface area contributed by atoms with Gasteiger partial charge in [0.2, 0.25) is 0 Å². The van der Waals surface area contributed by atoms with Crippen LogP contribution in [0.25, 0.3) is 0 Å². The highest BCUT2D eigenvalue weighted by Gasteiger charge is 2.23. The molecule has 6 heteroatoms. The molecule has 0 saturated heterocycles. The van der Waals surface area contributed by atoms with Gasteiger partial charge in [-0.05, 0) is 5.92 Å². The first-order valence-corrected chi connectivity index (χ1v) is 4.09. The Bertz CT molecular complexity index is 195. The molecular formula is C7H16N4O2. The standard InChI is InChI=1S/C7H16N4O2/c1-3-4(2)5(6(12)11-9)10-7(8)13/h4-5H,3,9H2,1-2H3,(H,11,12)(H3,8,10,13). The van der Waals surface area contributed by atoms with Gasteiger partial charge in [0.05, 0.1) is 0 Å². The van der Waals surface area contributed by atoms with Crippen molar-refractivity contribution < 1.29 is 9.59 Å². The van der Waals surface area contributed by atoms with Crippen LogP contribution < -0.4 is 22.3 Å². The van der Waals surface area contributed by atoms with E-state index in [4.69, 9.17) is 11.6 Å². The zero-order chi connectivity index (χ0) is 10.4. The highest BCUT2D eigenvalue weighted by atomic mass is 16.2. The van der Waals surface area contributed by atoms with E-state index in [9.17, 15) is 9.59 Å². The maximum atomic E-state index is 11.1. The summed E-state index contributed by atoms with van der Waals surface area (Å²) in [5.41, 5.74) is 6.88. The lowest BCUT2D eigenvalue weighted by Crippen LogP contribution is -2.53. The van der Waals surface area contributed by atoms with Crippen molar-refractivity contribution in [2.75, 3.05) is 0 Å². The second-order valence-corrected chi connectivity index (χ2v) is 2.88. The Balaban J connectivity index is 4.35. The van der Waals surface area contributed by atoms with Crippen molar-refractivity contribution in [3.8, 4) is 0 Å². The average molecular weight is 188 g/mol. The van der Waals surface area contributed by atoms with E-state index in [0.717, 1.165) is 6.42 Å². The Labute approximate surface area is 77.0 Å². The van der Waals surface area contributed by atoms with E-state index in [1.165, 1.54) is 0 Å². The van der Waals surface area contributed by atoms with Crippen LogP contribution in [0.15, 0.2) is 0 Å². The van der Waals surface area contributed by atoms with Gasteiger partial charge in [-0.1, -0.05) is 20.3 Å². The first-order valence-electron chi connectivity index (χ1n) is 4.09. The van der Waals surface area contributed by atoms with Crippen LogP contribution in [-0.4, -0.2) is 18.0 Å². The minimum atomic E-state index is -0.728. The normalized spacial score (nSPS) is 14.4. The summed E-state index contributed by atoms with van der Waals surface area (Å²) in [6, 6.07) is -1.39. The molecule has 0 aliphatic carbocycles. The molecule has 0 aliphatic heterocycles. The second-order valence-electron chi connectivity index (χ2n) is 2.88. The summed E-state index contributed by atoms with van der Waals surface area (Å²) >= 11 is 0. The predicted octanol–water partition coefficient (Wildman–Crippen LogP) is -0.941. The Morgan fingerprint density at radius 2 is 2.00 bits per heavy atom.